The van der Waals surface area contributed by atoms with Crippen LogP contribution in [0.15, 0.2) is 23.3 Å². The van der Waals surface area contributed by atoms with E-state index < -0.39 is 11.4 Å². The monoisotopic (exact) mass is 278 g/mol. The molecule has 0 spiro atoms. The third-order valence-corrected chi connectivity index (χ3v) is 5.14. The Bertz CT molecular complexity index is 438. The van der Waals surface area contributed by atoms with E-state index in [9.17, 15) is 9.90 Å². The number of carbonyl (C=O) groups is 1. The third-order valence-electron chi connectivity index (χ3n) is 5.14. The molecule has 0 saturated heterocycles. The van der Waals surface area contributed by atoms with E-state index in [2.05, 4.69) is 60.6 Å². The average Bonchev–Trinajstić information content (AvgIpc) is 2.78. The van der Waals surface area contributed by atoms with Gasteiger partial charge in [0, 0.05) is 5.92 Å². The minimum Gasteiger partial charge on any atom is -0.481 e. The van der Waals surface area contributed by atoms with E-state index in [1.165, 1.54) is 11.1 Å². The number of hydrogen-bond donors (Lipinski definition) is 1. The van der Waals surface area contributed by atoms with E-state index in [1.54, 1.807) is 0 Å². The van der Waals surface area contributed by atoms with Crippen molar-refractivity contribution in [3.8, 4) is 0 Å². The summed E-state index contributed by atoms with van der Waals surface area (Å²) in [6.07, 6.45) is 6.19. The zero-order valence-corrected chi connectivity index (χ0v) is 14.1. The molecule has 2 heteroatoms. The summed E-state index contributed by atoms with van der Waals surface area (Å²) >= 11 is 0. The fraction of sp³-hybridized carbons (Fsp3) is 0.722. The normalized spacial score (nSPS) is 29.8. The Labute approximate surface area is 124 Å². The lowest BCUT2D eigenvalue weighted by Gasteiger charge is -2.27. The molecule has 2 nitrogen and oxygen atoms in total. The van der Waals surface area contributed by atoms with E-state index in [4.69, 9.17) is 0 Å². The van der Waals surface area contributed by atoms with Crippen molar-refractivity contribution in [3.63, 3.8) is 0 Å². The van der Waals surface area contributed by atoms with Crippen molar-refractivity contribution < 1.29 is 9.90 Å². The molecule has 1 aliphatic rings. The van der Waals surface area contributed by atoms with Gasteiger partial charge >= 0.3 is 5.97 Å². The summed E-state index contributed by atoms with van der Waals surface area (Å²) in [6, 6.07) is 0. The number of carboxylic acid groups (broad SMARTS) is 1. The molecule has 1 N–H and O–H groups in total. The third kappa shape index (κ3) is 2.34. The Kier molecular flexibility index (Phi) is 4.89. The van der Waals surface area contributed by atoms with Gasteiger partial charge in [0.2, 0.25) is 0 Å². The van der Waals surface area contributed by atoms with Gasteiger partial charge in [0.25, 0.3) is 0 Å². The van der Waals surface area contributed by atoms with Crippen molar-refractivity contribution in [3.05, 3.63) is 23.3 Å². The number of carboxylic acids is 1. The standard InChI is InChI=1S/C18H30O2/c1-8-10-13(5)14(9-2)18(16(19)20)15(11-12(3)4)17(18,6)7/h10-11,14-15H,8-9H2,1-7H3,(H,19,20)/t14-,15+,18+/m1/s1. The maximum Gasteiger partial charge on any atom is 0.311 e. The molecule has 0 bridgehead atoms. The molecule has 0 aromatic carbocycles. The molecule has 1 aliphatic carbocycles. The highest BCUT2D eigenvalue weighted by atomic mass is 16.4. The maximum atomic E-state index is 12.1. The summed E-state index contributed by atoms with van der Waals surface area (Å²) in [5.41, 5.74) is 1.61. The second kappa shape index (κ2) is 5.75. The highest BCUT2D eigenvalue weighted by molar-refractivity contribution is 5.82. The van der Waals surface area contributed by atoms with Crippen LogP contribution in [0.2, 0.25) is 0 Å². The van der Waals surface area contributed by atoms with Crippen molar-refractivity contribution in [2.45, 2.75) is 61.3 Å². The van der Waals surface area contributed by atoms with Gasteiger partial charge in [-0.05, 0) is 44.9 Å². The number of rotatable bonds is 6. The van der Waals surface area contributed by atoms with Crippen LogP contribution in [-0.4, -0.2) is 11.1 Å². The fourth-order valence-corrected chi connectivity index (χ4v) is 4.20. The first-order chi connectivity index (χ1) is 9.17. The smallest absolute Gasteiger partial charge is 0.311 e. The summed E-state index contributed by atoms with van der Waals surface area (Å²) in [4.78, 5) is 12.1. The van der Waals surface area contributed by atoms with Crippen LogP contribution >= 0.6 is 0 Å². The molecule has 3 atom stereocenters. The average molecular weight is 278 g/mol. The largest absolute Gasteiger partial charge is 0.481 e. The second-order valence-electron chi connectivity index (χ2n) is 6.93. The topological polar surface area (TPSA) is 37.3 Å². The van der Waals surface area contributed by atoms with Gasteiger partial charge in [0.15, 0.2) is 0 Å². The molecule has 0 radical (unpaired) electrons. The van der Waals surface area contributed by atoms with Crippen molar-refractivity contribution >= 4 is 5.97 Å². The number of allylic oxidation sites excluding steroid dienone is 4. The molecular weight excluding hydrogens is 248 g/mol. The van der Waals surface area contributed by atoms with Gasteiger partial charge in [-0.15, -0.1) is 0 Å². The first-order valence-electron chi connectivity index (χ1n) is 7.72. The lowest BCUT2D eigenvalue weighted by Crippen LogP contribution is -2.31. The summed E-state index contributed by atoms with van der Waals surface area (Å²) < 4.78 is 0. The molecule has 1 rings (SSSR count). The lowest BCUT2D eigenvalue weighted by molar-refractivity contribution is -0.147. The SMILES string of the molecule is CCC=C(C)[C@@H](CC)[C@@]1(C(=O)O)[C@@H](C=C(C)C)C1(C)C. The number of aliphatic carboxylic acids is 1. The van der Waals surface area contributed by atoms with Crippen molar-refractivity contribution in [1.82, 2.24) is 0 Å². The highest BCUT2D eigenvalue weighted by Crippen LogP contribution is 2.74. The van der Waals surface area contributed by atoms with Gasteiger partial charge in [-0.25, -0.2) is 0 Å². The fourth-order valence-electron chi connectivity index (χ4n) is 4.20. The Morgan fingerprint density at radius 1 is 1.25 bits per heavy atom. The molecule has 0 aromatic heterocycles. The summed E-state index contributed by atoms with van der Waals surface area (Å²) in [5, 5.41) is 9.98. The zero-order chi connectivity index (χ0) is 15.7. The first-order valence-corrected chi connectivity index (χ1v) is 7.72. The van der Waals surface area contributed by atoms with Crippen LogP contribution in [0.5, 0.6) is 0 Å². The Hall–Kier alpha value is -1.05. The van der Waals surface area contributed by atoms with Crippen molar-refractivity contribution in [2.24, 2.45) is 22.7 Å². The van der Waals surface area contributed by atoms with E-state index in [1.807, 2.05) is 0 Å². The first kappa shape index (κ1) is 17.0. The van der Waals surface area contributed by atoms with Gasteiger partial charge in [-0.1, -0.05) is 51.0 Å². The van der Waals surface area contributed by atoms with E-state index >= 15 is 0 Å². The molecule has 0 aromatic rings. The lowest BCUT2D eigenvalue weighted by atomic mass is 9.76. The molecular formula is C18H30O2. The predicted molar refractivity (Wildman–Crippen MR) is 84.6 cm³/mol. The minimum atomic E-state index is -0.644. The van der Waals surface area contributed by atoms with Gasteiger partial charge in [0.1, 0.15) is 0 Å². The van der Waals surface area contributed by atoms with Crippen LogP contribution in [0.3, 0.4) is 0 Å². The second-order valence-corrected chi connectivity index (χ2v) is 6.93. The molecule has 0 aliphatic heterocycles. The summed E-state index contributed by atoms with van der Waals surface area (Å²) in [7, 11) is 0. The van der Waals surface area contributed by atoms with Gasteiger partial charge in [-0.2, -0.15) is 0 Å². The summed E-state index contributed by atoms with van der Waals surface area (Å²) in [6.45, 7) is 14.6. The van der Waals surface area contributed by atoms with Crippen LogP contribution in [0, 0.1) is 22.7 Å². The van der Waals surface area contributed by atoms with E-state index in [0.717, 1.165) is 12.8 Å². The highest BCUT2D eigenvalue weighted by Gasteiger charge is 2.77. The van der Waals surface area contributed by atoms with Crippen LogP contribution in [-0.2, 0) is 4.79 Å². The molecule has 1 saturated carbocycles. The van der Waals surface area contributed by atoms with Gasteiger partial charge in [0.05, 0.1) is 5.41 Å². The van der Waals surface area contributed by atoms with Crippen LogP contribution < -0.4 is 0 Å². The Balaban J connectivity index is 3.34. The van der Waals surface area contributed by atoms with E-state index in [-0.39, 0.29) is 17.3 Å². The zero-order valence-electron chi connectivity index (χ0n) is 14.1. The van der Waals surface area contributed by atoms with Crippen LogP contribution in [0.1, 0.15) is 61.3 Å². The molecule has 20 heavy (non-hydrogen) atoms. The molecule has 114 valence electrons. The molecule has 0 amide bonds. The maximum absolute atomic E-state index is 12.1. The van der Waals surface area contributed by atoms with Crippen LogP contribution in [0.25, 0.3) is 0 Å². The molecule has 0 unspecified atom stereocenters. The number of hydrogen-bond acceptors (Lipinski definition) is 1. The van der Waals surface area contributed by atoms with Crippen LogP contribution in [0.4, 0.5) is 0 Å². The predicted octanol–water partition coefficient (Wildman–Crippen LogP) is 5.06. The Morgan fingerprint density at radius 2 is 1.80 bits per heavy atom. The summed E-state index contributed by atoms with van der Waals surface area (Å²) in [5.74, 6) is -0.390. The van der Waals surface area contributed by atoms with Gasteiger partial charge in [-0.3, -0.25) is 4.79 Å². The minimum absolute atomic E-state index is 0.121. The van der Waals surface area contributed by atoms with Gasteiger partial charge < -0.3 is 5.11 Å². The molecule has 1 fully saturated rings. The van der Waals surface area contributed by atoms with Crippen molar-refractivity contribution in [2.75, 3.05) is 0 Å². The quantitative estimate of drug-likeness (QED) is 0.689. The molecule has 0 heterocycles. The van der Waals surface area contributed by atoms with Crippen molar-refractivity contribution in [1.29, 1.82) is 0 Å². The Morgan fingerprint density at radius 3 is 2.15 bits per heavy atom. The van der Waals surface area contributed by atoms with E-state index in [0.29, 0.717) is 0 Å².